The quantitative estimate of drug-likeness (QED) is 0.437. The molecule has 5 nitrogen and oxygen atoms in total. The number of carbonyl (C=O) groups is 1. The Kier molecular flexibility index (Phi) is 6.64. The van der Waals surface area contributed by atoms with E-state index in [2.05, 4.69) is 5.32 Å². The summed E-state index contributed by atoms with van der Waals surface area (Å²) in [5, 5.41) is 19.8. The van der Waals surface area contributed by atoms with Crippen LogP contribution in [0.4, 0.5) is 0 Å². The Bertz CT molecular complexity index is 129. The Morgan fingerprint density at radius 1 is 1.67 bits per heavy atom. The Balaban J connectivity index is 3.56. The molecule has 1 unspecified atom stereocenters. The van der Waals surface area contributed by atoms with Gasteiger partial charge in [0, 0.05) is 13.7 Å². The number of aliphatic hydroxyl groups excluding tert-OH is 1. The molecule has 5 heteroatoms. The van der Waals surface area contributed by atoms with Gasteiger partial charge in [-0.15, -0.1) is 0 Å². The number of rotatable bonds is 7. The van der Waals surface area contributed by atoms with E-state index in [9.17, 15) is 4.79 Å². The maximum atomic E-state index is 10.5. The molecular formula is C7H15NO4. The van der Waals surface area contributed by atoms with E-state index in [1.54, 1.807) is 0 Å². The largest absolute Gasteiger partial charge is 0.480 e. The van der Waals surface area contributed by atoms with Crippen molar-refractivity contribution in [2.75, 3.05) is 26.9 Å². The van der Waals surface area contributed by atoms with Crippen LogP contribution in [0.1, 0.15) is 6.42 Å². The van der Waals surface area contributed by atoms with Crippen molar-refractivity contribution in [1.82, 2.24) is 5.32 Å². The van der Waals surface area contributed by atoms with Crippen LogP contribution >= 0.6 is 0 Å². The van der Waals surface area contributed by atoms with Crippen molar-refractivity contribution in [2.45, 2.75) is 12.5 Å². The normalized spacial score (nSPS) is 12.8. The van der Waals surface area contributed by atoms with Crippen LogP contribution in [0.25, 0.3) is 0 Å². The Morgan fingerprint density at radius 2 is 2.33 bits per heavy atom. The molecule has 0 aliphatic rings. The molecule has 72 valence electrons. The first-order valence-electron chi connectivity index (χ1n) is 3.78. The van der Waals surface area contributed by atoms with Crippen molar-refractivity contribution in [3.8, 4) is 0 Å². The predicted octanol–water partition coefficient (Wildman–Crippen LogP) is -0.942. The first-order chi connectivity index (χ1) is 5.72. The Morgan fingerprint density at radius 3 is 2.75 bits per heavy atom. The zero-order chi connectivity index (χ0) is 9.40. The van der Waals surface area contributed by atoms with Crippen LogP contribution in [0, 0.1) is 0 Å². The summed E-state index contributed by atoms with van der Waals surface area (Å²) in [6.45, 7) is 0.684. The van der Waals surface area contributed by atoms with Gasteiger partial charge in [0.05, 0.1) is 6.61 Å². The van der Waals surface area contributed by atoms with E-state index < -0.39 is 12.0 Å². The Labute approximate surface area is 71.3 Å². The third kappa shape index (κ3) is 5.06. The summed E-state index contributed by atoms with van der Waals surface area (Å²) in [5.41, 5.74) is 0. The molecule has 0 aromatic rings. The van der Waals surface area contributed by atoms with Crippen molar-refractivity contribution < 1.29 is 19.7 Å². The van der Waals surface area contributed by atoms with Gasteiger partial charge in [-0.2, -0.15) is 0 Å². The number of ether oxygens (including phenoxy) is 1. The van der Waals surface area contributed by atoms with E-state index in [0.717, 1.165) is 0 Å². The van der Waals surface area contributed by atoms with Gasteiger partial charge in [-0.1, -0.05) is 0 Å². The zero-order valence-electron chi connectivity index (χ0n) is 7.12. The summed E-state index contributed by atoms with van der Waals surface area (Å²) < 4.78 is 4.69. The van der Waals surface area contributed by atoms with Crippen LogP contribution in [0.2, 0.25) is 0 Å². The summed E-state index contributed by atoms with van der Waals surface area (Å²) in [6.07, 6.45) is 0.549. The molecular weight excluding hydrogens is 162 g/mol. The molecule has 1 atom stereocenters. The third-order valence-corrected chi connectivity index (χ3v) is 1.36. The predicted molar refractivity (Wildman–Crippen MR) is 43.0 cm³/mol. The summed E-state index contributed by atoms with van der Waals surface area (Å²) >= 11 is 0. The number of methoxy groups -OCH3 is 1. The number of hydrogen-bond acceptors (Lipinski definition) is 4. The van der Waals surface area contributed by atoms with E-state index in [0.29, 0.717) is 13.0 Å². The SMILES string of the molecule is COCC(NCCCO)C(=O)O. The summed E-state index contributed by atoms with van der Waals surface area (Å²) in [5.74, 6) is -0.935. The fourth-order valence-electron chi connectivity index (χ4n) is 0.740. The van der Waals surface area contributed by atoms with Crippen molar-refractivity contribution in [2.24, 2.45) is 0 Å². The van der Waals surface area contributed by atoms with Crippen LogP contribution in [0.3, 0.4) is 0 Å². The van der Waals surface area contributed by atoms with Crippen LogP contribution in [0.15, 0.2) is 0 Å². The van der Waals surface area contributed by atoms with Crippen molar-refractivity contribution in [1.29, 1.82) is 0 Å². The molecule has 0 spiro atoms. The molecule has 12 heavy (non-hydrogen) atoms. The lowest BCUT2D eigenvalue weighted by molar-refractivity contribution is -0.140. The lowest BCUT2D eigenvalue weighted by atomic mass is 10.3. The van der Waals surface area contributed by atoms with Gasteiger partial charge in [-0.3, -0.25) is 4.79 Å². The molecule has 0 aromatic carbocycles. The van der Waals surface area contributed by atoms with Crippen LogP contribution < -0.4 is 5.32 Å². The second-order valence-electron chi connectivity index (χ2n) is 2.38. The number of carboxylic acid groups (broad SMARTS) is 1. The van der Waals surface area contributed by atoms with Gasteiger partial charge >= 0.3 is 5.97 Å². The molecule has 0 rings (SSSR count). The minimum Gasteiger partial charge on any atom is -0.480 e. The highest BCUT2D eigenvalue weighted by molar-refractivity contribution is 5.73. The molecule has 3 N–H and O–H groups in total. The van der Waals surface area contributed by atoms with Crippen molar-refractivity contribution >= 4 is 5.97 Å². The first-order valence-corrected chi connectivity index (χ1v) is 3.78. The summed E-state index contributed by atoms with van der Waals surface area (Å²) in [4.78, 5) is 10.5. The number of hydrogen-bond donors (Lipinski definition) is 3. The average molecular weight is 177 g/mol. The second kappa shape index (κ2) is 7.02. The van der Waals surface area contributed by atoms with Crippen molar-refractivity contribution in [3.63, 3.8) is 0 Å². The lowest BCUT2D eigenvalue weighted by Gasteiger charge is -2.12. The van der Waals surface area contributed by atoms with E-state index in [1.165, 1.54) is 7.11 Å². The second-order valence-corrected chi connectivity index (χ2v) is 2.38. The first kappa shape index (κ1) is 11.4. The number of nitrogens with one attached hydrogen (secondary N) is 1. The zero-order valence-corrected chi connectivity index (χ0v) is 7.12. The molecule has 0 heterocycles. The maximum absolute atomic E-state index is 10.5. The molecule has 0 amide bonds. The number of aliphatic carboxylic acids is 1. The summed E-state index contributed by atoms with van der Waals surface area (Å²) in [6, 6.07) is -0.679. The van der Waals surface area contributed by atoms with Crippen LogP contribution in [-0.4, -0.2) is 49.1 Å². The highest BCUT2D eigenvalue weighted by Crippen LogP contribution is 1.85. The molecule has 0 saturated heterocycles. The average Bonchev–Trinajstić information content (AvgIpc) is 2.03. The number of carboxylic acids is 1. The maximum Gasteiger partial charge on any atom is 0.323 e. The van der Waals surface area contributed by atoms with Gasteiger partial charge in [0.15, 0.2) is 0 Å². The molecule has 0 saturated carbocycles. The van der Waals surface area contributed by atoms with E-state index in [1.807, 2.05) is 0 Å². The molecule has 0 fully saturated rings. The van der Waals surface area contributed by atoms with E-state index >= 15 is 0 Å². The summed E-state index contributed by atoms with van der Waals surface area (Å²) in [7, 11) is 1.45. The van der Waals surface area contributed by atoms with Gasteiger partial charge in [0.25, 0.3) is 0 Å². The molecule has 0 bridgehead atoms. The van der Waals surface area contributed by atoms with Crippen LogP contribution in [0.5, 0.6) is 0 Å². The van der Waals surface area contributed by atoms with Gasteiger partial charge in [-0.05, 0) is 13.0 Å². The topological polar surface area (TPSA) is 78.8 Å². The highest BCUT2D eigenvalue weighted by atomic mass is 16.5. The Hall–Kier alpha value is -0.650. The molecule has 0 aliphatic carbocycles. The highest BCUT2D eigenvalue weighted by Gasteiger charge is 2.15. The lowest BCUT2D eigenvalue weighted by Crippen LogP contribution is -2.40. The van der Waals surface area contributed by atoms with Gasteiger partial charge in [0.1, 0.15) is 6.04 Å². The smallest absolute Gasteiger partial charge is 0.323 e. The van der Waals surface area contributed by atoms with Crippen LogP contribution in [-0.2, 0) is 9.53 Å². The minimum atomic E-state index is -0.935. The standard InChI is InChI=1S/C7H15NO4/c1-12-5-6(7(10)11)8-3-2-4-9/h6,8-9H,2-5H2,1H3,(H,10,11). The minimum absolute atomic E-state index is 0.0618. The van der Waals surface area contributed by atoms with E-state index in [-0.39, 0.29) is 13.2 Å². The fraction of sp³-hybridized carbons (Fsp3) is 0.857. The van der Waals surface area contributed by atoms with Crippen molar-refractivity contribution in [3.05, 3.63) is 0 Å². The fourth-order valence-corrected chi connectivity index (χ4v) is 0.740. The van der Waals surface area contributed by atoms with Gasteiger partial charge in [-0.25, -0.2) is 0 Å². The molecule has 0 aliphatic heterocycles. The number of aliphatic hydroxyl groups is 1. The van der Waals surface area contributed by atoms with E-state index in [4.69, 9.17) is 14.9 Å². The van der Waals surface area contributed by atoms with Gasteiger partial charge < -0.3 is 20.3 Å². The molecule has 0 radical (unpaired) electrons. The van der Waals surface area contributed by atoms with Gasteiger partial charge in [0.2, 0.25) is 0 Å². The third-order valence-electron chi connectivity index (χ3n) is 1.36. The monoisotopic (exact) mass is 177 g/mol. The molecule has 0 aromatic heterocycles.